The van der Waals surface area contributed by atoms with Crippen LogP contribution >= 0.6 is 0 Å². The zero-order chi connectivity index (χ0) is 25.5. The number of hydrogen-bond donors (Lipinski definition) is 2. The monoisotopic (exact) mass is 513 g/mol. The Morgan fingerprint density at radius 1 is 1.26 bits per heavy atom. The number of alkyl halides is 3. The Morgan fingerprint density at radius 3 is 2.54 bits per heavy atom. The zero-order valence-corrected chi connectivity index (χ0v) is 20.3. The molecular weight excluding hydrogens is 486 g/mol. The molecule has 1 aromatic carbocycles. The first-order chi connectivity index (χ1) is 16.5. The van der Waals surface area contributed by atoms with Gasteiger partial charge in [0.15, 0.2) is 6.23 Å². The standard InChI is InChI=1S/C23H27F4N5O2S/c1-13(14-5-4-6-15(18(14)24)19(25)26)31-20-16-11-17(22(33)32(3)21(16)30-12-29-20)23(27)7-9-35(34,28-2)10-8-23/h4-6,11-13,19,22,33H,7-10H2,1-3H3,(H,29,30,31)/t13-,22?,23?,35?/m1/s1. The molecule has 1 fully saturated rings. The van der Waals surface area contributed by atoms with Crippen LogP contribution in [0.3, 0.4) is 0 Å². The molecule has 190 valence electrons. The van der Waals surface area contributed by atoms with Crippen molar-refractivity contribution >= 4 is 27.4 Å². The Kier molecular flexibility index (Phi) is 6.80. The van der Waals surface area contributed by atoms with Crippen LogP contribution in [0, 0.1) is 5.82 Å². The van der Waals surface area contributed by atoms with Gasteiger partial charge < -0.3 is 15.3 Å². The highest BCUT2D eigenvalue weighted by atomic mass is 32.2. The van der Waals surface area contributed by atoms with Gasteiger partial charge in [-0.1, -0.05) is 18.2 Å². The molecule has 35 heavy (non-hydrogen) atoms. The van der Waals surface area contributed by atoms with Crippen molar-refractivity contribution in [3.63, 3.8) is 0 Å². The highest BCUT2D eigenvalue weighted by Gasteiger charge is 2.45. The molecule has 0 aliphatic carbocycles. The summed E-state index contributed by atoms with van der Waals surface area (Å²) in [7, 11) is 0.554. The molecule has 7 nitrogen and oxygen atoms in total. The number of aliphatic hydroxyl groups excluding tert-OH is 1. The molecule has 2 N–H and O–H groups in total. The van der Waals surface area contributed by atoms with Gasteiger partial charge in [-0.2, -0.15) is 0 Å². The summed E-state index contributed by atoms with van der Waals surface area (Å²) in [5.41, 5.74) is -2.13. The molecule has 1 saturated heterocycles. The molecule has 12 heteroatoms. The summed E-state index contributed by atoms with van der Waals surface area (Å²) in [6.07, 6.45) is -1.67. The van der Waals surface area contributed by atoms with Crippen LogP contribution in [0.15, 0.2) is 34.5 Å². The van der Waals surface area contributed by atoms with Gasteiger partial charge in [0.2, 0.25) is 0 Å². The molecule has 4 rings (SSSR count). The number of benzene rings is 1. The second-order valence-corrected chi connectivity index (χ2v) is 11.5. The number of nitrogens with zero attached hydrogens (tertiary/aromatic N) is 4. The maximum Gasteiger partial charge on any atom is 0.266 e. The van der Waals surface area contributed by atoms with Crippen molar-refractivity contribution in [3.05, 3.63) is 52.6 Å². The molecule has 0 saturated carbocycles. The Bertz CT molecular complexity index is 1260. The third kappa shape index (κ3) is 4.61. The van der Waals surface area contributed by atoms with E-state index in [-0.39, 0.29) is 41.3 Å². The van der Waals surface area contributed by atoms with Crippen molar-refractivity contribution in [1.82, 2.24) is 9.97 Å². The van der Waals surface area contributed by atoms with Crippen LogP contribution in [0.2, 0.25) is 0 Å². The molecular formula is C23H27F4N5O2S. The van der Waals surface area contributed by atoms with E-state index in [1.807, 2.05) is 0 Å². The third-order valence-electron chi connectivity index (χ3n) is 6.74. The molecule has 2 aliphatic heterocycles. The average Bonchev–Trinajstić information content (AvgIpc) is 2.83. The molecule has 1 aromatic heterocycles. The Morgan fingerprint density at radius 2 is 1.91 bits per heavy atom. The van der Waals surface area contributed by atoms with E-state index in [0.717, 1.165) is 6.07 Å². The second kappa shape index (κ2) is 9.38. The van der Waals surface area contributed by atoms with E-state index in [1.54, 1.807) is 14.0 Å². The summed E-state index contributed by atoms with van der Waals surface area (Å²) in [5, 5.41) is 13.9. The zero-order valence-electron chi connectivity index (χ0n) is 19.5. The third-order valence-corrected chi connectivity index (χ3v) is 9.09. The molecule has 0 amide bonds. The number of anilines is 2. The lowest BCUT2D eigenvalue weighted by molar-refractivity contribution is 0.125. The normalized spacial score (nSPS) is 27.3. The predicted octanol–water partition coefficient (Wildman–Crippen LogP) is 4.48. The predicted molar refractivity (Wildman–Crippen MR) is 127 cm³/mol. The van der Waals surface area contributed by atoms with Gasteiger partial charge in [0, 0.05) is 46.5 Å². The lowest BCUT2D eigenvalue weighted by atomic mass is 9.85. The fourth-order valence-corrected chi connectivity index (χ4v) is 6.38. The minimum absolute atomic E-state index is 0.0240. The van der Waals surface area contributed by atoms with Crippen LogP contribution in [0.1, 0.15) is 48.9 Å². The summed E-state index contributed by atoms with van der Waals surface area (Å²) < 4.78 is 73.6. The van der Waals surface area contributed by atoms with Gasteiger partial charge in [-0.3, -0.25) is 0 Å². The van der Waals surface area contributed by atoms with Gasteiger partial charge in [-0.15, -0.1) is 0 Å². The van der Waals surface area contributed by atoms with E-state index < -0.39 is 45.5 Å². The van der Waals surface area contributed by atoms with E-state index in [4.69, 9.17) is 0 Å². The van der Waals surface area contributed by atoms with Crippen LogP contribution in [-0.4, -0.2) is 56.8 Å². The van der Waals surface area contributed by atoms with Crippen LogP contribution in [0.4, 0.5) is 29.2 Å². The Hall–Kier alpha value is -2.73. The van der Waals surface area contributed by atoms with E-state index in [2.05, 4.69) is 19.6 Å². The fourth-order valence-electron chi connectivity index (χ4n) is 4.53. The summed E-state index contributed by atoms with van der Waals surface area (Å²) in [6.45, 7) is 1.59. The quantitative estimate of drug-likeness (QED) is 0.573. The molecule has 3 heterocycles. The van der Waals surface area contributed by atoms with Gasteiger partial charge in [-0.25, -0.2) is 36.1 Å². The minimum Gasteiger partial charge on any atom is -0.369 e. The number of rotatable bonds is 5. The lowest BCUT2D eigenvalue weighted by Crippen LogP contribution is -2.47. The summed E-state index contributed by atoms with van der Waals surface area (Å²) >= 11 is 0. The molecule has 2 aromatic rings. The highest BCUT2D eigenvalue weighted by molar-refractivity contribution is 7.93. The van der Waals surface area contributed by atoms with Crippen molar-refractivity contribution < 1.29 is 26.9 Å². The van der Waals surface area contributed by atoms with E-state index in [1.165, 1.54) is 36.5 Å². The number of aromatic nitrogens is 2. The molecule has 2 aliphatic rings. The van der Waals surface area contributed by atoms with Gasteiger partial charge in [0.05, 0.1) is 17.2 Å². The summed E-state index contributed by atoms with van der Waals surface area (Å²) in [6, 6.07) is 3.03. The van der Waals surface area contributed by atoms with Gasteiger partial charge in [0.1, 0.15) is 29.4 Å². The van der Waals surface area contributed by atoms with Crippen molar-refractivity contribution in [1.29, 1.82) is 0 Å². The number of aliphatic hydroxyl groups is 1. The highest BCUT2D eigenvalue weighted by Crippen LogP contribution is 2.43. The van der Waals surface area contributed by atoms with Gasteiger partial charge in [0.25, 0.3) is 6.43 Å². The maximum atomic E-state index is 16.1. The lowest BCUT2D eigenvalue weighted by Gasteiger charge is -2.40. The first kappa shape index (κ1) is 25.4. The van der Waals surface area contributed by atoms with Crippen LogP contribution in [-0.2, 0) is 9.73 Å². The number of nitrogens with one attached hydrogen (secondary N) is 1. The van der Waals surface area contributed by atoms with E-state index in [9.17, 15) is 22.5 Å². The molecule has 0 radical (unpaired) electrons. The topological polar surface area (TPSA) is 90.7 Å². The largest absolute Gasteiger partial charge is 0.369 e. The smallest absolute Gasteiger partial charge is 0.266 e. The summed E-state index contributed by atoms with van der Waals surface area (Å²) in [5.74, 6) is -0.308. The summed E-state index contributed by atoms with van der Waals surface area (Å²) in [4.78, 5) is 9.81. The fraction of sp³-hybridized carbons (Fsp3) is 0.478. The first-order valence-corrected chi connectivity index (χ1v) is 13.0. The van der Waals surface area contributed by atoms with Crippen molar-refractivity contribution in [3.8, 4) is 0 Å². The molecule has 0 bridgehead atoms. The molecule has 0 spiro atoms. The second-order valence-electron chi connectivity index (χ2n) is 8.79. The molecule has 1 unspecified atom stereocenters. The van der Waals surface area contributed by atoms with E-state index in [0.29, 0.717) is 11.4 Å². The van der Waals surface area contributed by atoms with Crippen LogP contribution in [0.5, 0.6) is 0 Å². The Labute approximate surface area is 201 Å². The van der Waals surface area contributed by atoms with Crippen LogP contribution in [0.25, 0.3) is 6.08 Å². The van der Waals surface area contributed by atoms with E-state index >= 15 is 4.39 Å². The van der Waals surface area contributed by atoms with Crippen molar-refractivity contribution in [2.45, 2.75) is 44.1 Å². The number of halogens is 4. The number of likely N-dealkylation sites (N-methyl/N-ethyl adjacent to an activating group) is 1. The van der Waals surface area contributed by atoms with Gasteiger partial charge >= 0.3 is 0 Å². The molecule has 2 atom stereocenters. The van der Waals surface area contributed by atoms with Crippen molar-refractivity contribution in [2.24, 2.45) is 4.36 Å². The average molecular weight is 514 g/mol. The first-order valence-electron chi connectivity index (χ1n) is 11.1. The SMILES string of the molecule is CN=S1(=O)CCC(F)(C2=Cc3c(N[C@H](C)c4cccc(C(F)F)c4F)ncnc3N(C)C2O)CC1. The van der Waals surface area contributed by atoms with Crippen LogP contribution < -0.4 is 10.2 Å². The number of hydrogen-bond acceptors (Lipinski definition) is 7. The number of fused-ring (bicyclic) bond motifs is 1. The maximum absolute atomic E-state index is 16.1. The van der Waals surface area contributed by atoms with Crippen molar-refractivity contribution in [2.75, 3.05) is 35.8 Å². The Balaban J connectivity index is 1.71. The minimum atomic E-state index is -2.96. The van der Waals surface area contributed by atoms with Gasteiger partial charge in [-0.05, 0) is 25.8 Å².